The first-order valence-corrected chi connectivity index (χ1v) is 7.30. The fraction of sp³-hybridized carbons (Fsp3) is 0.833. The fourth-order valence-electron chi connectivity index (χ4n) is 1.72. The standard InChI is InChI=1S/C12H20ClNOS/c1-5-10-11(8-6-7-9-13)14(10)16(15)12(2,3)4/h1,10-11H,6-9H2,2-4H3/t10-,11-,14?,16-/m1/s1. The maximum absolute atomic E-state index is 12.2. The molecule has 1 fully saturated rings. The summed E-state index contributed by atoms with van der Waals surface area (Å²) >= 11 is 5.63. The second-order valence-corrected chi connectivity index (χ2v) is 7.61. The lowest BCUT2D eigenvalue weighted by molar-refractivity contribution is 0.586. The monoisotopic (exact) mass is 261 g/mol. The minimum Gasteiger partial charge on any atom is -0.242 e. The van der Waals surface area contributed by atoms with Gasteiger partial charge in [-0.15, -0.1) is 18.0 Å². The van der Waals surface area contributed by atoms with Gasteiger partial charge in [-0.2, -0.15) is 0 Å². The van der Waals surface area contributed by atoms with Crippen LogP contribution >= 0.6 is 11.6 Å². The molecular formula is C12H20ClNOS. The van der Waals surface area contributed by atoms with Crippen molar-refractivity contribution in [1.29, 1.82) is 0 Å². The van der Waals surface area contributed by atoms with Crippen LogP contribution in [0, 0.1) is 12.3 Å². The summed E-state index contributed by atoms with van der Waals surface area (Å²) in [5, 5.41) is 0. The molecule has 0 N–H and O–H groups in total. The van der Waals surface area contributed by atoms with Crippen molar-refractivity contribution in [2.24, 2.45) is 0 Å². The first-order valence-electron chi connectivity index (χ1n) is 5.66. The van der Waals surface area contributed by atoms with Crippen LogP contribution in [-0.2, 0) is 11.0 Å². The van der Waals surface area contributed by atoms with Crippen LogP contribution in [0.5, 0.6) is 0 Å². The number of terminal acetylenes is 1. The number of halogens is 1. The van der Waals surface area contributed by atoms with Crippen LogP contribution in [0.25, 0.3) is 0 Å². The highest BCUT2D eigenvalue weighted by molar-refractivity contribution is 7.84. The molecule has 1 rings (SSSR count). The van der Waals surface area contributed by atoms with Gasteiger partial charge in [0.2, 0.25) is 0 Å². The highest BCUT2D eigenvalue weighted by Gasteiger charge is 2.52. The van der Waals surface area contributed by atoms with E-state index in [1.807, 2.05) is 25.1 Å². The largest absolute Gasteiger partial charge is 0.242 e. The molecule has 0 aliphatic carbocycles. The Morgan fingerprint density at radius 2 is 2.06 bits per heavy atom. The molecule has 4 atom stereocenters. The number of alkyl halides is 1. The van der Waals surface area contributed by atoms with Gasteiger partial charge in [0.1, 0.15) is 11.0 Å². The lowest BCUT2D eigenvalue weighted by Crippen LogP contribution is -2.28. The summed E-state index contributed by atoms with van der Waals surface area (Å²) in [4.78, 5) is 0. The van der Waals surface area contributed by atoms with Gasteiger partial charge in [-0.3, -0.25) is 0 Å². The van der Waals surface area contributed by atoms with Crippen LogP contribution in [0.3, 0.4) is 0 Å². The van der Waals surface area contributed by atoms with Gasteiger partial charge in [0.05, 0.1) is 16.8 Å². The Hall–Kier alpha value is -0.0400. The van der Waals surface area contributed by atoms with Gasteiger partial charge >= 0.3 is 0 Å². The molecule has 0 spiro atoms. The van der Waals surface area contributed by atoms with Crippen molar-refractivity contribution >= 4 is 22.6 Å². The Morgan fingerprint density at radius 3 is 2.50 bits per heavy atom. The summed E-state index contributed by atoms with van der Waals surface area (Å²) in [5.41, 5.74) is 0. The lowest BCUT2D eigenvalue weighted by Gasteiger charge is -2.18. The molecule has 1 saturated heterocycles. The first kappa shape index (κ1) is 14.0. The molecule has 1 heterocycles. The number of unbranched alkanes of at least 4 members (excludes halogenated alkanes) is 1. The highest BCUT2D eigenvalue weighted by Crippen LogP contribution is 2.37. The van der Waals surface area contributed by atoms with Crippen LogP contribution in [0.1, 0.15) is 40.0 Å². The molecule has 0 bridgehead atoms. The molecule has 0 radical (unpaired) electrons. The Kier molecular flexibility index (Phi) is 4.85. The average molecular weight is 262 g/mol. The summed E-state index contributed by atoms with van der Waals surface area (Å²) in [6.07, 6.45) is 8.52. The third-order valence-electron chi connectivity index (χ3n) is 2.65. The molecule has 0 amide bonds. The number of rotatable bonds is 5. The van der Waals surface area contributed by atoms with Crippen LogP contribution in [0.4, 0.5) is 0 Å². The van der Waals surface area contributed by atoms with E-state index < -0.39 is 11.0 Å². The molecule has 1 unspecified atom stereocenters. The number of hydrogen-bond acceptors (Lipinski definition) is 1. The summed E-state index contributed by atoms with van der Waals surface area (Å²) in [7, 11) is -0.986. The Bertz CT molecular complexity index is 305. The van der Waals surface area contributed by atoms with E-state index in [2.05, 4.69) is 5.92 Å². The molecule has 92 valence electrons. The van der Waals surface area contributed by atoms with Gasteiger partial charge in [-0.1, -0.05) is 12.3 Å². The summed E-state index contributed by atoms with van der Waals surface area (Å²) in [5.74, 6) is 3.41. The van der Waals surface area contributed by atoms with E-state index >= 15 is 0 Å². The Labute approximate surface area is 106 Å². The van der Waals surface area contributed by atoms with Crippen molar-refractivity contribution in [2.45, 2.75) is 56.9 Å². The van der Waals surface area contributed by atoms with Crippen molar-refractivity contribution in [3.05, 3.63) is 0 Å². The minimum absolute atomic E-state index is 0.0652. The molecule has 0 aromatic rings. The molecular weight excluding hydrogens is 242 g/mol. The van der Waals surface area contributed by atoms with E-state index in [4.69, 9.17) is 18.0 Å². The van der Waals surface area contributed by atoms with Gasteiger partial charge < -0.3 is 0 Å². The van der Waals surface area contributed by atoms with E-state index in [0.29, 0.717) is 11.9 Å². The number of nitrogens with zero attached hydrogens (tertiary/aromatic N) is 1. The zero-order chi connectivity index (χ0) is 12.3. The van der Waals surface area contributed by atoms with E-state index in [-0.39, 0.29) is 10.8 Å². The van der Waals surface area contributed by atoms with Crippen molar-refractivity contribution in [3.8, 4) is 12.3 Å². The van der Waals surface area contributed by atoms with Gasteiger partial charge in [0, 0.05) is 5.88 Å². The molecule has 1 aliphatic heterocycles. The summed E-state index contributed by atoms with van der Waals surface area (Å²) < 4.78 is 13.9. The smallest absolute Gasteiger partial charge is 0.101 e. The van der Waals surface area contributed by atoms with Crippen LogP contribution in [-0.4, -0.2) is 31.2 Å². The third-order valence-corrected chi connectivity index (χ3v) is 4.84. The zero-order valence-corrected chi connectivity index (χ0v) is 11.8. The van der Waals surface area contributed by atoms with Gasteiger partial charge in [0.15, 0.2) is 0 Å². The van der Waals surface area contributed by atoms with Crippen molar-refractivity contribution < 1.29 is 4.21 Å². The highest BCUT2D eigenvalue weighted by atomic mass is 35.5. The normalized spacial score (nSPS) is 30.8. The number of hydrogen-bond donors (Lipinski definition) is 0. The first-order chi connectivity index (χ1) is 7.43. The second kappa shape index (κ2) is 5.53. The van der Waals surface area contributed by atoms with Crippen LogP contribution < -0.4 is 0 Å². The molecule has 0 aromatic carbocycles. The van der Waals surface area contributed by atoms with Gasteiger partial charge in [-0.05, 0) is 33.6 Å². The van der Waals surface area contributed by atoms with Crippen LogP contribution in [0.2, 0.25) is 0 Å². The fourth-order valence-corrected chi connectivity index (χ4v) is 3.36. The molecule has 4 heteroatoms. The second-order valence-electron chi connectivity index (χ2n) is 5.09. The van der Waals surface area contributed by atoms with Crippen molar-refractivity contribution in [3.63, 3.8) is 0 Å². The summed E-state index contributed by atoms with van der Waals surface area (Å²) in [6, 6.07) is 0.364. The Balaban J connectivity index is 2.50. The average Bonchev–Trinajstić information content (AvgIpc) is 2.89. The quantitative estimate of drug-likeness (QED) is 0.322. The van der Waals surface area contributed by atoms with Crippen molar-refractivity contribution in [1.82, 2.24) is 4.31 Å². The lowest BCUT2D eigenvalue weighted by atomic mass is 10.2. The Morgan fingerprint density at radius 1 is 1.44 bits per heavy atom. The van der Waals surface area contributed by atoms with E-state index in [0.717, 1.165) is 19.3 Å². The van der Waals surface area contributed by atoms with Crippen LogP contribution in [0.15, 0.2) is 0 Å². The third kappa shape index (κ3) is 3.23. The van der Waals surface area contributed by atoms with Gasteiger partial charge in [0.25, 0.3) is 0 Å². The minimum atomic E-state index is -0.986. The topological polar surface area (TPSA) is 20.1 Å². The van der Waals surface area contributed by atoms with E-state index in [1.54, 1.807) is 0 Å². The van der Waals surface area contributed by atoms with Crippen molar-refractivity contribution in [2.75, 3.05) is 5.88 Å². The SMILES string of the molecule is C#C[C@@H]1[C@@H](CCCCCl)N1[S@](=O)C(C)(C)C. The predicted molar refractivity (Wildman–Crippen MR) is 70.7 cm³/mol. The maximum Gasteiger partial charge on any atom is 0.101 e. The zero-order valence-electron chi connectivity index (χ0n) is 10.2. The van der Waals surface area contributed by atoms with E-state index in [1.165, 1.54) is 0 Å². The van der Waals surface area contributed by atoms with Gasteiger partial charge in [-0.25, -0.2) is 8.51 Å². The molecule has 1 aliphatic rings. The molecule has 0 saturated carbocycles. The molecule has 0 aromatic heterocycles. The maximum atomic E-state index is 12.2. The molecule has 2 nitrogen and oxygen atoms in total. The van der Waals surface area contributed by atoms with E-state index in [9.17, 15) is 4.21 Å². The molecule has 16 heavy (non-hydrogen) atoms. The summed E-state index contributed by atoms with van der Waals surface area (Å²) in [6.45, 7) is 5.93. The predicted octanol–water partition coefficient (Wildman–Crippen LogP) is 2.54.